The standard InChI is InChI=1S/C17H22N2O2S/c1-20-14-10-12-5-7-19(8-6-18)17(16-4-3-9-22-16)13(12)11-15(14)21-2/h3-4,9-11,17H,5-8,18H2,1-2H3. The Balaban J connectivity index is 2.09. The Kier molecular flexibility index (Phi) is 4.66. The highest BCUT2D eigenvalue weighted by molar-refractivity contribution is 7.10. The highest BCUT2D eigenvalue weighted by atomic mass is 32.1. The lowest BCUT2D eigenvalue weighted by molar-refractivity contribution is 0.221. The number of nitrogens with zero attached hydrogens (tertiary/aromatic N) is 1. The van der Waals surface area contributed by atoms with Crippen LogP contribution in [0.2, 0.25) is 0 Å². The van der Waals surface area contributed by atoms with E-state index in [1.54, 1.807) is 25.6 Å². The van der Waals surface area contributed by atoms with Gasteiger partial charge in [0.2, 0.25) is 0 Å². The largest absolute Gasteiger partial charge is 0.493 e. The summed E-state index contributed by atoms with van der Waals surface area (Å²) in [6, 6.07) is 8.81. The van der Waals surface area contributed by atoms with E-state index in [0.717, 1.165) is 31.0 Å². The second-order valence-corrected chi connectivity index (χ2v) is 6.38. The second kappa shape index (κ2) is 6.69. The molecule has 2 N–H and O–H groups in total. The van der Waals surface area contributed by atoms with Gasteiger partial charge in [-0.1, -0.05) is 6.07 Å². The average molecular weight is 318 g/mol. The van der Waals surface area contributed by atoms with Crippen molar-refractivity contribution >= 4 is 11.3 Å². The van der Waals surface area contributed by atoms with Gasteiger partial charge in [0.25, 0.3) is 0 Å². The number of benzene rings is 1. The maximum Gasteiger partial charge on any atom is 0.161 e. The molecule has 0 saturated carbocycles. The van der Waals surface area contributed by atoms with Crippen molar-refractivity contribution in [2.24, 2.45) is 5.73 Å². The highest BCUT2D eigenvalue weighted by Gasteiger charge is 2.30. The first-order valence-electron chi connectivity index (χ1n) is 7.50. The molecule has 1 aliphatic rings. The van der Waals surface area contributed by atoms with Crippen LogP contribution in [0.4, 0.5) is 0 Å². The van der Waals surface area contributed by atoms with Crippen LogP contribution in [0.1, 0.15) is 22.0 Å². The Bertz CT molecular complexity index is 628. The first kappa shape index (κ1) is 15.3. The molecule has 1 unspecified atom stereocenters. The van der Waals surface area contributed by atoms with E-state index < -0.39 is 0 Å². The minimum Gasteiger partial charge on any atom is -0.493 e. The van der Waals surface area contributed by atoms with E-state index in [9.17, 15) is 0 Å². The van der Waals surface area contributed by atoms with E-state index in [4.69, 9.17) is 15.2 Å². The monoisotopic (exact) mass is 318 g/mol. The van der Waals surface area contributed by atoms with Gasteiger partial charge in [0.1, 0.15) is 0 Å². The topological polar surface area (TPSA) is 47.7 Å². The third-order valence-electron chi connectivity index (χ3n) is 4.20. The predicted molar refractivity (Wildman–Crippen MR) is 90.0 cm³/mol. The number of fused-ring (bicyclic) bond motifs is 1. The van der Waals surface area contributed by atoms with Gasteiger partial charge in [-0.2, -0.15) is 0 Å². The zero-order chi connectivity index (χ0) is 15.5. The Hall–Kier alpha value is -1.56. The molecule has 0 spiro atoms. The Morgan fingerprint density at radius 3 is 2.68 bits per heavy atom. The summed E-state index contributed by atoms with van der Waals surface area (Å²) in [5, 5.41) is 2.13. The second-order valence-electron chi connectivity index (χ2n) is 5.40. The van der Waals surface area contributed by atoms with Gasteiger partial charge in [-0.25, -0.2) is 0 Å². The molecule has 0 fully saturated rings. The van der Waals surface area contributed by atoms with Crippen LogP contribution in [-0.2, 0) is 6.42 Å². The molecule has 1 aromatic heterocycles. The molecule has 0 amide bonds. The summed E-state index contributed by atoms with van der Waals surface area (Å²) in [7, 11) is 3.37. The molecular formula is C17H22N2O2S. The fourth-order valence-electron chi connectivity index (χ4n) is 3.18. The fourth-order valence-corrected chi connectivity index (χ4v) is 4.06. The van der Waals surface area contributed by atoms with Gasteiger partial charge in [0, 0.05) is 24.5 Å². The van der Waals surface area contributed by atoms with Gasteiger partial charge < -0.3 is 15.2 Å². The smallest absolute Gasteiger partial charge is 0.161 e. The summed E-state index contributed by atoms with van der Waals surface area (Å²) < 4.78 is 10.9. The van der Waals surface area contributed by atoms with Crippen LogP contribution >= 0.6 is 11.3 Å². The third-order valence-corrected chi connectivity index (χ3v) is 5.13. The normalized spacial score (nSPS) is 18.0. The molecule has 2 aromatic rings. The van der Waals surface area contributed by atoms with E-state index in [2.05, 4.69) is 34.5 Å². The Labute approximate surface area is 135 Å². The first-order valence-corrected chi connectivity index (χ1v) is 8.38. The van der Waals surface area contributed by atoms with E-state index in [1.165, 1.54) is 16.0 Å². The summed E-state index contributed by atoms with van der Waals surface area (Å²) in [5.74, 6) is 1.59. The molecule has 4 nitrogen and oxygen atoms in total. The SMILES string of the molecule is COc1cc2c(cc1OC)C(c1cccs1)N(CCN)CC2. The van der Waals surface area contributed by atoms with Crippen molar-refractivity contribution in [1.82, 2.24) is 4.90 Å². The molecular weight excluding hydrogens is 296 g/mol. The van der Waals surface area contributed by atoms with Crippen LogP contribution in [0.15, 0.2) is 29.6 Å². The maximum absolute atomic E-state index is 5.81. The summed E-state index contributed by atoms with van der Waals surface area (Å²) in [4.78, 5) is 3.81. The summed E-state index contributed by atoms with van der Waals surface area (Å²) in [5.41, 5.74) is 8.46. The molecule has 118 valence electrons. The number of nitrogens with two attached hydrogens (primary N) is 1. The lowest BCUT2D eigenvalue weighted by Crippen LogP contribution is -2.38. The van der Waals surface area contributed by atoms with E-state index >= 15 is 0 Å². The summed E-state index contributed by atoms with van der Waals surface area (Å²) >= 11 is 1.79. The number of ether oxygens (including phenoxy) is 2. The fraction of sp³-hybridized carbons (Fsp3) is 0.412. The number of hydrogen-bond donors (Lipinski definition) is 1. The van der Waals surface area contributed by atoms with Crippen molar-refractivity contribution in [3.63, 3.8) is 0 Å². The molecule has 22 heavy (non-hydrogen) atoms. The van der Waals surface area contributed by atoms with Crippen LogP contribution in [0.3, 0.4) is 0 Å². The van der Waals surface area contributed by atoms with Crippen LogP contribution in [0.5, 0.6) is 11.5 Å². The summed E-state index contributed by atoms with van der Waals surface area (Å²) in [6.07, 6.45) is 1.01. The van der Waals surface area contributed by atoms with Crippen LogP contribution in [-0.4, -0.2) is 38.8 Å². The van der Waals surface area contributed by atoms with Gasteiger partial charge >= 0.3 is 0 Å². The first-order chi connectivity index (χ1) is 10.8. The number of rotatable bonds is 5. The lowest BCUT2D eigenvalue weighted by Gasteiger charge is -2.37. The van der Waals surface area contributed by atoms with Crippen molar-refractivity contribution < 1.29 is 9.47 Å². The third kappa shape index (κ3) is 2.72. The maximum atomic E-state index is 5.81. The molecule has 0 bridgehead atoms. The van der Waals surface area contributed by atoms with Gasteiger partial charge in [-0.3, -0.25) is 4.90 Å². The molecule has 0 aliphatic carbocycles. The van der Waals surface area contributed by atoms with Crippen LogP contribution in [0.25, 0.3) is 0 Å². The molecule has 3 rings (SSSR count). The minimum absolute atomic E-state index is 0.257. The average Bonchev–Trinajstić information content (AvgIpc) is 3.07. The predicted octanol–water partition coefficient (Wildman–Crippen LogP) is 2.67. The van der Waals surface area contributed by atoms with Crippen molar-refractivity contribution in [2.75, 3.05) is 33.9 Å². The minimum atomic E-state index is 0.257. The van der Waals surface area contributed by atoms with Gasteiger partial charge in [-0.05, 0) is 41.1 Å². The molecule has 2 heterocycles. The molecule has 5 heteroatoms. The van der Waals surface area contributed by atoms with Crippen molar-refractivity contribution in [1.29, 1.82) is 0 Å². The number of thiophene rings is 1. The van der Waals surface area contributed by atoms with Crippen LogP contribution in [0, 0.1) is 0 Å². The molecule has 0 radical (unpaired) electrons. The van der Waals surface area contributed by atoms with Gasteiger partial charge in [0.05, 0.1) is 20.3 Å². The van der Waals surface area contributed by atoms with Crippen molar-refractivity contribution in [3.05, 3.63) is 45.6 Å². The van der Waals surface area contributed by atoms with Crippen molar-refractivity contribution in [3.8, 4) is 11.5 Å². The van der Waals surface area contributed by atoms with Crippen molar-refractivity contribution in [2.45, 2.75) is 12.5 Å². The Morgan fingerprint density at radius 1 is 1.27 bits per heavy atom. The molecule has 1 aromatic carbocycles. The van der Waals surface area contributed by atoms with E-state index in [1.807, 2.05) is 0 Å². The lowest BCUT2D eigenvalue weighted by atomic mass is 9.91. The molecule has 0 saturated heterocycles. The van der Waals surface area contributed by atoms with Gasteiger partial charge in [0.15, 0.2) is 11.5 Å². The number of hydrogen-bond acceptors (Lipinski definition) is 5. The Morgan fingerprint density at radius 2 is 2.05 bits per heavy atom. The van der Waals surface area contributed by atoms with Crippen LogP contribution < -0.4 is 15.2 Å². The number of methoxy groups -OCH3 is 2. The van der Waals surface area contributed by atoms with E-state index in [-0.39, 0.29) is 6.04 Å². The van der Waals surface area contributed by atoms with E-state index in [0.29, 0.717) is 6.54 Å². The van der Waals surface area contributed by atoms with Gasteiger partial charge in [-0.15, -0.1) is 11.3 Å². The molecule has 1 aliphatic heterocycles. The highest BCUT2D eigenvalue weighted by Crippen LogP contribution is 2.41. The zero-order valence-corrected chi connectivity index (χ0v) is 13.9. The zero-order valence-electron chi connectivity index (χ0n) is 13.0. The molecule has 1 atom stereocenters. The summed E-state index contributed by atoms with van der Waals surface area (Å²) in [6.45, 7) is 2.59. The quantitative estimate of drug-likeness (QED) is 0.921.